The zero-order valence-corrected chi connectivity index (χ0v) is 22.4. The quantitative estimate of drug-likeness (QED) is 0.292. The highest BCUT2D eigenvalue weighted by atomic mass is 35.5. The smallest absolute Gasteiger partial charge is 0.243 e. The minimum Gasteiger partial charge on any atom is -0.508 e. The second-order valence-electron chi connectivity index (χ2n) is 8.95. The molecule has 1 fully saturated rings. The second kappa shape index (κ2) is 9.99. The Morgan fingerprint density at radius 3 is 2.47 bits per heavy atom. The lowest BCUT2D eigenvalue weighted by Gasteiger charge is -2.31. The maximum absolute atomic E-state index is 13.0. The van der Waals surface area contributed by atoms with Crippen molar-refractivity contribution in [1.29, 1.82) is 0 Å². The van der Waals surface area contributed by atoms with Crippen LogP contribution in [0.3, 0.4) is 0 Å². The molecule has 0 amide bonds. The van der Waals surface area contributed by atoms with Gasteiger partial charge in [-0.05, 0) is 67.4 Å². The van der Waals surface area contributed by atoms with Gasteiger partial charge in [-0.1, -0.05) is 11.6 Å². The third-order valence-corrected chi connectivity index (χ3v) is 9.46. The van der Waals surface area contributed by atoms with Crippen LogP contribution in [0.15, 0.2) is 77.3 Å². The number of imidazole rings is 1. The Balaban J connectivity index is 1.21. The molecule has 0 atom stereocenters. The van der Waals surface area contributed by atoms with Gasteiger partial charge in [0.2, 0.25) is 16.0 Å². The first-order valence-corrected chi connectivity index (χ1v) is 14.7. The van der Waals surface area contributed by atoms with Gasteiger partial charge in [-0.2, -0.15) is 4.31 Å². The number of hydrogen-bond acceptors (Lipinski definition) is 8. The number of benzene rings is 2. The van der Waals surface area contributed by atoms with E-state index in [0.29, 0.717) is 42.6 Å². The first kappa shape index (κ1) is 24.8. The molecule has 0 saturated carbocycles. The molecule has 5 aromatic rings. The largest absolute Gasteiger partial charge is 0.508 e. The topological polar surface area (TPSA) is 113 Å². The number of phenolic OH excluding ortho intramolecular Hbond substituents is 1. The minimum absolute atomic E-state index is 0.0325. The highest BCUT2D eigenvalue weighted by Gasteiger charge is 2.30. The number of thiazole rings is 1. The van der Waals surface area contributed by atoms with Crippen LogP contribution in [0.2, 0.25) is 5.02 Å². The fraction of sp³-hybridized carbons (Fsp3) is 0.192. The van der Waals surface area contributed by atoms with E-state index in [1.54, 1.807) is 30.5 Å². The summed E-state index contributed by atoms with van der Waals surface area (Å²) in [4.78, 5) is 15.1. The molecule has 0 spiro atoms. The lowest BCUT2D eigenvalue weighted by atomic mass is 10.1. The van der Waals surface area contributed by atoms with Crippen molar-refractivity contribution in [3.63, 3.8) is 0 Å². The standard InChI is InChI=1S/C26H23ClN6O3S2/c27-18-3-7-21(8-4-18)38(35,36)32-13-10-19(11-14-32)29-25-28-12-9-22(30-25)24-23(17-1-5-20(34)6-2-17)31-26-33(24)15-16-37-26/h1-9,12,15-16,19,34H,10-11,13-14H2,(H,28,29,30). The number of aromatic nitrogens is 4. The Morgan fingerprint density at radius 1 is 1.00 bits per heavy atom. The van der Waals surface area contributed by atoms with Gasteiger partial charge < -0.3 is 10.4 Å². The monoisotopic (exact) mass is 566 g/mol. The van der Waals surface area contributed by atoms with Gasteiger partial charge in [-0.3, -0.25) is 4.40 Å². The highest BCUT2D eigenvalue weighted by Crippen LogP contribution is 2.34. The van der Waals surface area contributed by atoms with Gasteiger partial charge in [0.25, 0.3) is 0 Å². The summed E-state index contributed by atoms with van der Waals surface area (Å²) in [5.74, 6) is 0.667. The number of nitrogens with one attached hydrogen (secondary N) is 1. The number of hydrogen-bond donors (Lipinski definition) is 2. The van der Waals surface area contributed by atoms with Gasteiger partial charge >= 0.3 is 0 Å². The predicted molar refractivity (Wildman–Crippen MR) is 148 cm³/mol. The van der Waals surface area contributed by atoms with Gasteiger partial charge in [0.1, 0.15) is 11.4 Å². The summed E-state index contributed by atoms with van der Waals surface area (Å²) >= 11 is 7.45. The number of nitrogens with zero attached hydrogens (tertiary/aromatic N) is 5. The van der Waals surface area contributed by atoms with E-state index in [1.807, 2.05) is 34.2 Å². The van der Waals surface area contributed by atoms with Gasteiger partial charge in [0.15, 0.2) is 4.96 Å². The van der Waals surface area contributed by atoms with E-state index in [4.69, 9.17) is 21.6 Å². The molecule has 3 aromatic heterocycles. The average molecular weight is 567 g/mol. The van der Waals surface area contributed by atoms with Crippen LogP contribution >= 0.6 is 22.9 Å². The summed E-state index contributed by atoms with van der Waals surface area (Å²) < 4.78 is 29.5. The van der Waals surface area contributed by atoms with Crippen LogP contribution in [0.5, 0.6) is 5.75 Å². The van der Waals surface area contributed by atoms with Crippen LogP contribution in [0, 0.1) is 0 Å². The van der Waals surface area contributed by atoms with Gasteiger partial charge in [0.05, 0.1) is 16.3 Å². The van der Waals surface area contributed by atoms with Crippen LogP contribution in [0.1, 0.15) is 12.8 Å². The van der Waals surface area contributed by atoms with Gasteiger partial charge in [-0.15, -0.1) is 11.3 Å². The number of halogens is 1. The molecule has 12 heteroatoms. The Bertz CT molecular complexity index is 1690. The summed E-state index contributed by atoms with van der Waals surface area (Å²) in [6.07, 6.45) is 4.91. The molecule has 9 nitrogen and oxygen atoms in total. The zero-order valence-electron chi connectivity index (χ0n) is 20.0. The minimum atomic E-state index is -3.57. The summed E-state index contributed by atoms with van der Waals surface area (Å²) in [7, 11) is -3.57. The number of aromatic hydroxyl groups is 1. The molecule has 2 aromatic carbocycles. The molecule has 1 aliphatic heterocycles. The average Bonchev–Trinajstić information content (AvgIpc) is 3.52. The molecule has 194 valence electrons. The fourth-order valence-corrected chi connectivity index (χ4v) is 6.90. The van der Waals surface area contributed by atoms with Gasteiger partial charge in [0, 0.05) is 47.5 Å². The zero-order chi connectivity index (χ0) is 26.3. The Morgan fingerprint density at radius 2 is 1.74 bits per heavy atom. The first-order valence-electron chi connectivity index (χ1n) is 12.0. The molecule has 0 radical (unpaired) electrons. The van der Waals surface area contributed by atoms with Crippen molar-refractivity contribution in [2.75, 3.05) is 18.4 Å². The fourth-order valence-electron chi connectivity index (χ4n) is 4.59. The van der Waals surface area contributed by atoms with Crippen LogP contribution in [0.4, 0.5) is 5.95 Å². The van der Waals surface area contributed by atoms with E-state index >= 15 is 0 Å². The summed E-state index contributed by atoms with van der Waals surface area (Å²) in [6, 6.07) is 15.1. The summed E-state index contributed by atoms with van der Waals surface area (Å²) in [5.41, 5.74) is 3.18. The van der Waals surface area contributed by atoms with E-state index in [2.05, 4.69) is 10.3 Å². The number of piperidine rings is 1. The maximum atomic E-state index is 13.0. The molecule has 1 aliphatic rings. The number of sulfonamides is 1. The number of phenols is 1. The summed E-state index contributed by atoms with van der Waals surface area (Å²) in [5, 5.41) is 15.6. The lowest BCUT2D eigenvalue weighted by Crippen LogP contribution is -2.42. The molecule has 38 heavy (non-hydrogen) atoms. The van der Waals surface area contributed by atoms with E-state index < -0.39 is 10.0 Å². The lowest BCUT2D eigenvalue weighted by molar-refractivity contribution is 0.329. The molecule has 6 rings (SSSR count). The van der Waals surface area contributed by atoms with Crippen LogP contribution in [0.25, 0.3) is 27.6 Å². The molecule has 0 unspecified atom stereocenters. The van der Waals surface area contributed by atoms with Crippen LogP contribution in [-0.4, -0.2) is 56.3 Å². The molecule has 0 bridgehead atoms. The van der Waals surface area contributed by atoms with Crippen molar-refractivity contribution in [3.8, 4) is 28.4 Å². The third kappa shape index (κ3) is 4.73. The Labute approximate surface area is 228 Å². The molecule has 4 heterocycles. The normalized spacial score (nSPS) is 15.2. The van der Waals surface area contributed by atoms with Crippen molar-refractivity contribution in [1.82, 2.24) is 23.7 Å². The van der Waals surface area contributed by atoms with Crippen LogP contribution < -0.4 is 5.32 Å². The Kier molecular flexibility index (Phi) is 6.52. The highest BCUT2D eigenvalue weighted by molar-refractivity contribution is 7.89. The Hall–Kier alpha value is -3.51. The summed E-state index contributed by atoms with van der Waals surface area (Å²) in [6.45, 7) is 0.789. The number of anilines is 1. The van der Waals surface area contributed by atoms with E-state index in [-0.39, 0.29) is 16.7 Å². The van der Waals surface area contributed by atoms with E-state index in [9.17, 15) is 13.5 Å². The number of rotatable bonds is 6. The van der Waals surface area contributed by atoms with Crippen LogP contribution in [-0.2, 0) is 10.0 Å². The van der Waals surface area contributed by atoms with Gasteiger partial charge in [-0.25, -0.2) is 23.4 Å². The SMILES string of the molecule is O=S(=O)(c1ccc(Cl)cc1)N1CCC(Nc2nccc(-c3c(-c4ccc(O)cc4)nc4sccn34)n2)CC1. The third-order valence-electron chi connectivity index (χ3n) is 6.54. The molecular weight excluding hydrogens is 544 g/mol. The number of fused-ring (bicyclic) bond motifs is 1. The first-order chi connectivity index (χ1) is 18.4. The van der Waals surface area contributed by atoms with Crippen molar-refractivity contribution in [2.24, 2.45) is 0 Å². The van der Waals surface area contributed by atoms with Crippen molar-refractivity contribution >= 4 is 43.9 Å². The van der Waals surface area contributed by atoms with Crippen molar-refractivity contribution < 1.29 is 13.5 Å². The maximum Gasteiger partial charge on any atom is 0.243 e. The molecule has 2 N–H and O–H groups in total. The molecule has 0 aliphatic carbocycles. The van der Waals surface area contributed by atoms with E-state index in [1.165, 1.54) is 27.8 Å². The molecular formula is C26H23ClN6O3S2. The van der Waals surface area contributed by atoms with E-state index in [0.717, 1.165) is 21.9 Å². The second-order valence-corrected chi connectivity index (χ2v) is 12.2. The van der Waals surface area contributed by atoms with Crippen molar-refractivity contribution in [3.05, 3.63) is 77.4 Å². The predicted octanol–water partition coefficient (Wildman–Crippen LogP) is 5.14. The molecule has 1 saturated heterocycles. The van der Waals surface area contributed by atoms with Crippen molar-refractivity contribution in [2.45, 2.75) is 23.8 Å².